The van der Waals surface area contributed by atoms with E-state index in [1.165, 1.54) is 16.4 Å². The number of alkyl halides is 3. The first kappa shape index (κ1) is 20.9. The molecule has 2 aromatic rings. The van der Waals surface area contributed by atoms with E-state index in [0.717, 1.165) is 12.3 Å². The number of carbonyl (C=O) groups is 1. The number of benzene rings is 1. The molecule has 1 fully saturated rings. The Kier molecular flexibility index (Phi) is 5.13. The molecule has 0 bridgehead atoms. The van der Waals surface area contributed by atoms with Crippen LogP contribution in [0.3, 0.4) is 0 Å². The average molecular weight is 444 g/mol. The Hall–Kier alpha value is -2.40. The maximum Gasteiger partial charge on any atom is 0.416 e. The molecule has 2 aliphatic rings. The molecule has 0 radical (unpaired) electrons. The van der Waals surface area contributed by atoms with Gasteiger partial charge in [-0.05, 0) is 30.4 Å². The molecule has 1 N–H and O–H groups in total. The fraction of sp³-hybridized carbons (Fsp3) is 0.474. The van der Waals surface area contributed by atoms with E-state index in [9.17, 15) is 26.4 Å². The fourth-order valence-corrected chi connectivity index (χ4v) is 4.90. The summed E-state index contributed by atoms with van der Waals surface area (Å²) in [4.78, 5) is 14.5. The minimum absolute atomic E-state index is 0. The smallest absolute Gasteiger partial charge is 0.337 e. The summed E-state index contributed by atoms with van der Waals surface area (Å²) >= 11 is 0. The Bertz CT molecular complexity index is 1080. The topological polar surface area (TPSA) is 86.4 Å². The molecule has 7 nitrogen and oxygen atoms in total. The zero-order valence-electron chi connectivity index (χ0n) is 16.2. The number of sulfonamides is 1. The summed E-state index contributed by atoms with van der Waals surface area (Å²) in [5, 5.41) is 6.80. The minimum atomic E-state index is -4.41. The lowest BCUT2D eigenvalue weighted by molar-refractivity contribution is -0.138. The highest BCUT2D eigenvalue weighted by molar-refractivity contribution is 7.88. The fourth-order valence-electron chi connectivity index (χ4n) is 4.18. The van der Waals surface area contributed by atoms with Crippen molar-refractivity contribution in [2.75, 3.05) is 19.3 Å². The number of fused-ring (bicyclic) bond motifs is 1. The molecule has 164 valence electrons. The second kappa shape index (κ2) is 7.38. The standard InChI is InChI=1S/C19H21F3N4O3S.H2/c1-30(28,29)26-10-14-16(11-26)23-24-17(14)18(27)25-8-6-12(7-9-25)13-4-2-3-5-15(13)19(20,21)22;/h2-5,12H,6-11H2,1H3,(H,23,24);1H. The van der Waals surface area contributed by atoms with E-state index in [0.29, 0.717) is 37.2 Å². The highest BCUT2D eigenvalue weighted by Gasteiger charge is 2.37. The number of amides is 1. The number of hydrogen-bond donors (Lipinski definition) is 1. The number of nitrogens with one attached hydrogen (secondary N) is 1. The van der Waals surface area contributed by atoms with Crippen molar-refractivity contribution < 1.29 is 27.8 Å². The summed E-state index contributed by atoms with van der Waals surface area (Å²) in [6.45, 7) is 0.853. The van der Waals surface area contributed by atoms with Crippen molar-refractivity contribution in [2.45, 2.75) is 38.0 Å². The second-order valence-corrected chi connectivity index (χ2v) is 9.69. The van der Waals surface area contributed by atoms with E-state index in [1.54, 1.807) is 11.0 Å². The van der Waals surface area contributed by atoms with Gasteiger partial charge in [0, 0.05) is 26.6 Å². The van der Waals surface area contributed by atoms with Crippen molar-refractivity contribution in [2.24, 2.45) is 0 Å². The number of hydrogen-bond acceptors (Lipinski definition) is 4. The SMILES string of the molecule is CS(=O)(=O)N1Cc2[nH]nc(C(=O)N3CCC(c4ccccc4C(F)(F)F)CC3)c2C1.[HH]. The van der Waals surface area contributed by atoms with Crippen LogP contribution in [0, 0.1) is 0 Å². The summed E-state index contributed by atoms with van der Waals surface area (Å²) in [6.07, 6.45) is -2.47. The number of rotatable bonds is 3. The van der Waals surface area contributed by atoms with Gasteiger partial charge in [0.2, 0.25) is 10.0 Å². The molecule has 11 heteroatoms. The molecule has 0 spiro atoms. The molecule has 1 aromatic carbocycles. The second-order valence-electron chi connectivity index (χ2n) is 7.71. The van der Waals surface area contributed by atoms with Crippen LogP contribution in [0.1, 0.15) is 53.1 Å². The molecular weight excluding hydrogens is 421 g/mol. The molecule has 0 saturated carbocycles. The van der Waals surface area contributed by atoms with Crippen LogP contribution in [0.15, 0.2) is 24.3 Å². The average Bonchev–Trinajstić information content (AvgIpc) is 3.28. The van der Waals surface area contributed by atoms with Crippen LogP contribution in [0.5, 0.6) is 0 Å². The molecule has 0 unspecified atom stereocenters. The van der Waals surface area contributed by atoms with Crippen LogP contribution >= 0.6 is 0 Å². The van der Waals surface area contributed by atoms with Gasteiger partial charge in [-0.1, -0.05) is 18.2 Å². The maximum absolute atomic E-state index is 13.3. The van der Waals surface area contributed by atoms with Gasteiger partial charge in [-0.15, -0.1) is 0 Å². The Morgan fingerprint density at radius 2 is 1.87 bits per heavy atom. The first-order valence-electron chi connectivity index (χ1n) is 9.52. The summed E-state index contributed by atoms with van der Waals surface area (Å²) in [5.74, 6) is -0.608. The Balaban J connectivity index is 0.00000272. The Morgan fingerprint density at radius 1 is 1.20 bits per heavy atom. The maximum atomic E-state index is 13.3. The van der Waals surface area contributed by atoms with Gasteiger partial charge >= 0.3 is 6.18 Å². The molecular formula is C19H23F3N4O3S. The number of halogens is 3. The third-order valence-electron chi connectivity index (χ3n) is 5.78. The van der Waals surface area contributed by atoms with Gasteiger partial charge in [-0.25, -0.2) is 8.42 Å². The van der Waals surface area contributed by atoms with Crippen LogP contribution in [0.25, 0.3) is 0 Å². The zero-order valence-corrected chi connectivity index (χ0v) is 17.1. The molecule has 2 aliphatic heterocycles. The van der Waals surface area contributed by atoms with Crippen LogP contribution in [-0.4, -0.2) is 53.1 Å². The van der Waals surface area contributed by atoms with E-state index in [1.807, 2.05) is 0 Å². The molecule has 1 saturated heterocycles. The van der Waals surface area contributed by atoms with Gasteiger partial charge in [0.05, 0.1) is 24.1 Å². The highest BCUT2D eigenvalue weighted by Crippen LogP contribution is 2.39. The first-order chi connectivity index (χ1) is 14.1. The molecule has 0 aliphatic carbocycles. The predicted octanol–water partition coefficient (Wildman–Crippen LogP) is 2.97. The lowest BCUT2D eigenvalue weighted by Crippen LogP contribution is -2.39. The van der Waals surface area contributed by atoms with Crippen molar-refractivity contribution in [3.8, 4) is 0 Å². The summed E-state index contributed by atoms with van der Waals surface area (Å²) in [7, 11) is -3.39. The van der Waals surface area contributed by atoms with Crippen molar-refractivity contribution in [1.29, 1.82) is 0 Å². The number of carbonyl (C=O) groups excluding carboxylic acids is 1. The van der Waals surface area contributed by atoms with Crippen molar-refractivity contribution in [3.63, 3.8) is 0 Å². The monoisotopic (exact) mass is 444 g/mol. The third kappa shape index (κ3) is 3.83. The number of likely N-dealkylation sites (tertiary alicyclic amines) is 1. The van der Waals surface area contributed by atoms with E-state index in [2.05, 4.69) is 10.2 Å². The van der Waals surface area contributed by atoms with Gasteiger partial charge in [0.1, 0.15) is 0 Å². The lowest BCUT2D eigenvalue weighted by Gasteiger charge is -2.33. The molecule has 3 heterocycles. The number of nitrogens with zero attached hydrogens (tertiary/aromatic N) is 3. The quantitative estimate of drug-likeness (QED) is 0.789. The highest BCUT2D eigenvalue weighted by atomic mass is 32.2. The number of aromatic nitrogens is 2. The largest absolute Gasteiger partial charge is 0.416 e. The van der Waals surface area contributed by atoms with Gasteiger partial charge < -0.3 is 4.90 Å². The van der Waals surface area contributed by atoms with Gasteiger partial charge in [-0.2, -0.15) is 22.6 Å². The normalized spacial score (nSPS) is 18.6. The van der Waals surface area contributed by atoms with Crippen LogP contribution in [-0.2, 0) is 29.3 Å². The van der Waals surface area contributed by atoms with Crippen molar-refractivity contribution in [1.82, 2.24) is 19.4 Å². The molecule has 1 amide bonds. The Morgan fingerprint density at radius 3 is 2.50 bits per heavy atom. The molecule has 30 heavy (non-hydrogen) atoms. The summed E-state index contributed by atoms with van der Waals surface area (Å²) < 4.78 is 64.7. The minimum Gasteiger partial charge on any atom is -0.337 e. The van der Waals surface area contributed by atoms with Gasteiger partial charge in [0.25, 0.3) is 5.91 Å². The molecule has 4 rings (SSSR count). The summed E-state index contributed by atoms with van der Waals surface area (Å²) in [5.41, 5.74) is 0.986. The van der Waals surface area contributed by atoms with Crippen molar-refractivity contribution >= 4 is 15.9 Å². The van der Waals surface area contributed by atoms with Crippen molar-refractivity contribution in [3.05, 3.63) is 52.3 Å². The van der Waals surface area contributed by atoms with Gasteiger partial charge in [0.15, 0.2) is 5.69 Å². The Labute approximate surface area is 173 Å². The predicted molar refractivity (Wildman–Crippen MR) is 104 cm³/mol. The third-order valence-corrected chi connectivity index (χ3v) is 6.98. The first-order valence-corrected chi connectivity index (χ1v) is 11.4. The van der Waals surface area contributed by atoms with Gasteiger partial charge in [-0.3, -0.25) is 9.89 Å². The van der Waals surface area contributed by atoms with Crippen LogP contribution in [0.4, 0.5) is 13.2 Å². The molecule has 0 atom stereocenters. The van der Waals surface area contributed by atoms with Crippen LogP contribution < -0.4 is 0 Å². The van der Waals surface area contributed by atoms with Crippen LogP contribution in [0.2, 0.25) is 0 Å². The van der Waals surface area contributed by atoms with E-state index >= 15 is 0 Å². The van der Waals surface area contributed by atoms with E-state index in [4.69, 9.17) is 0 Å². The number of H-pyrrole nitrogens is 1. The number of piperidine rings is 1. The van der Waals surface area contributed by atoms with E-state index < -0.39 is 21.8 Å². The molecule has 1 aromatic heterocycles. The summed E-state index contributed by atoms with van der Waals surface area (Å²) in [6, 6.07) is 5.57. The lowest BCUT2D eigenvalue weighted by atomic mass is 9.86. The number of aromatic amines is 1. The van der Waals surface area contributed by atoms with E-state index in [-0.39, 0.29) is 37.6 Å². The zero-order chi connectivity index (χ0) is 21.7.